The van der Waals surface area contributed by atoms with Gasteiger partial charge in [0.25, 0.3) is 0 Å². The summed E-state index contributed by atoms with van der Waals surface area (Å²) in [5, 5.41) is 0. The second-order valence-corrected chi connectivity index (χ2v) is 3.91. The third-order valence-corrected chi connectivity index (χ3v) is 3.14. The lowest BCUT2D eigenvalue weighted by atomic mass is 10.1. The summed E-state index contributed by atoms with van der Waals surface area (Å²) in [6.07, 6.45) is 6.73. The van der Waals surface area contributed by atoms with Crippen molar-refractivity contribution in [2.24, 2.45) is 5.73 Å². The van der Waals surface area contributed by atoms with Crippen LogP contribution in [-0.4, -0.2) is 30.1 Å². The summed E-state index contributed by atoms with van der Waals surface area (Å²) in [7, 11) is 0. The standard InChI is InChI=1S/C9H18N2/c10-8-4-3-5-9(8)11-6-1-2-7-11/h8-9H,1-7,10H2/t8-,9-/m0/s1. The Labute approximate surface area is 68.7 Å². The van der Waals surface area contributed by atoms with Gasteiger partial charge in [-0.3, -0.25) is 4.90 Å². The maximum absolute atomic E-state index is 6.02. The molecule has 1 saturated carbocycles. The van der Waals surface area contributed by atoms with Crippen molar-refractivity contribution in [2.45, 2.75) is 44.2 Å². The van der Waals surface area contributed by atoms with E-state index in [4.69, 9.17) is 5.73 Å². The highest BCUT2D eigenvalue weighted by molar-refractivity contribution is 4.89. The summed E-state index contributed by atoms with van der Waals surface area (Å²) in [5.74, 6) is 0. The molecule has 1 heterocycles. The molecule has 0 spiro atoms. The minimum absolute atomic E-state index is 0.480. The molecule has 0 radical (unpaired) electrons. The fraction of sp³-hybridized carbons (Fsp3) is 1.00. The molecule has 1 aliphatic carbocycles. The molecule has 1 aliphatic heterocycles. The van der Waals surface area contributed by atoms with E-state index in [-0.39, 0.29) is 0 Å². The molecular formula is C9H18N2. The van der Waals surface area contributed by atoms with Gasteiger partial charge in [0.15, 0.2) is 0 Å². The minimum Gasteiger partial charge on any atom is -0.326 e. The average Bonchev–Trinajstić information content (AvgIpc) is 2.55. The monoisotopic (exact) mass is 154 g/mol. The van der Waals surface area contributed by atoms with Crippen LogP contribution in [0.1, 0.15) is 32.1 Å². The van der Waals surface area contributed by atoms with Crippen molar-refractivity contribution in [3.8, 4) is 0 Å². The molecule has 1 saturated heterocycles. The molecule has 0 bridgehead atoms. The van der Waals surface area contributed by atoms with E-state index in [2.05, 4.69) is 4.90 Å². The molecule has 0 unspecified atom stereocenters. The summed E-state index contributed by atoms with van der Waals surface area (Å²) >= 11 is 0. The highest BCUT2D eigenvalue weighted by Crippen LogP contribution is 2.25. The molecule has 2 rings (SSSR count). The van der Waals surface area contributed by atoms with Crippen LogP contribution in [0.25, 0.3) is 0 Å². The number of rotatable bonds is 1. The first-order valence-electron chi connectivity index (χ1n) is 4.87. The Morgan fingerprint density at radius 3 is 2.27 bits per heavy atom. The predicted octanol–water partition coefficient (Wildman–Crippen LogP) is 0.962. The maximum atomic E-state index is 6.02. The van der Waals surface area contributed by atoms with Crippen LogP contribution in [0.3, 0.4) is 0 Å². The molecule has 2 atom stereocenters. The third kappa shape index (κ3) is 1.42. The Bertz CT molecular complexity index is 130. The molecule has 2 fully saturated rings. The van der Waals surface area contributed by atoms with Gasteiger partial charge < -0.3 is 5.73 Å². The lowest BCUT2D eigenvalue weighted by Gasteiger charge is -2.26. The molecule has 2 heteroatoms. The molecule has 0 amide bonds. The van der Waals surface area contributed by atoms with Crippen LogP contribution in [0.2, 0.25) is 0 Å². The van der Waals surface area contributed by atoms with E-state index in [9.17, 15) is 0 Å². The van der Waals surface area contributed by atoms with Crippen LogP contribution in [0, 0.1) is 0 Å². The minimum atomic E-state index is 0.480. The molecule has 0 aromatic heterocycles. The van der Waals surface area contributed by atoms with Gasteiger partial charge in [-0.15, -0.1) is 0 Å². The van der Waals surface area contributed by atoms with E-state index in [1.807, 2.05) is 0 Å². The van der Waals surface area contributed by atoms with Gasteiger partial charge in [-0.1, -0.05) is 6.42 Å². The molecule has 2 aliphatic rings. The van der Waals surface area contributed by atoms with Crippen LogP contribution in [-0.2, 0) is 0 Å². The van der Waals surface area contributed by atoms with E-state index in [1.165, 1.54) is 45.2 Å². The van der Waals surface area contributed by atoms with Crippen LogP contribution in [0.15, 0.2) is 0 Å². The number of nitrogens with two attached hydrogens (primary N) is 1. The molecule has 2 nitrogen and oxygen atoms in total. The second-order valence-electron chi connectivity index (χ2n) is 3.91. The molecule has 0 aromatic rings. The predicted molar refractivity (Wildman–Crippen MR) is 46.4 cm³/mol. The van der Waals surface area contributed by atoms with Crippen LogP contribution in [0.4, 0.5) is 0 Å². The summed E-state index contributed by atoms with van der Waals surface area (Å²) < 4.78 is 0. The van der Waals surface area contributed by atoms with Crippen molar-refractivity contribution >= 4 is 0 Å². The lowest BCUT2D eigenvalue weighted by molar-refractivity contribution is 0.229. The van der Waals surface area contributed by atoms with Gasteiger partial charge in [0.1, 0.15) is 0 Å². The number of hydrogen-bond acceptors (Lipinski definition) is 2. The summed E-state index contributed by atoms with van der Waals surface area (Å²) in [6.45, 7) is 2.61. The van der Waals surface area contributed by atoms with Crippen molar-refractivity contribution in [3.05, 3.63) is 0 Å². The van der Waals surface area contributed by atoms with Gasteiger partial charge in [0, 0.05) is 12.1 Å². The quantitative estimate of drug-likeness (QED) is 0.609. The summed E-state index contributed by atoms with van der Waals surface area (Å²) in [4.78, 5) is 2.59. The molecule has 64 valence electrons. The number of likely N-dealkylation sites (tertiary alicyclic amines) is 1. The first-order chi connectivity index (χ1) is 5.38. The third-order valence-electron chi connectivity index (χ3n) is 3.14. The van der Waals surface area contributed by atoms with E-state index in [0.29, 0.717) is 6.04 Å². The summed E-state index contributed by atoms with van der Waals surface area (Å²) in [5.41, 5.74) is 6.02. The Morgan fingerprint density at radius 1 is 1.00 bits per heavy atom. The topological polar surface area (TPSA) is 29.3 Å². The zero-order valence-corrected chi connectivity index (χ0v) is 7.13. The molecule has 0 aromatic carbocycles. The largest absolute Gasteiger partial charge is 0.326 e. The van der Waals surface area contributed by atoms with Crippen molar-refractivity contribution in [3.63, 3.8) is 0 Å². The Balaban J connectivity index is 1.92. The molecular weight excluding hydrogens is 136 g/mol. The van der Waals surface area contributed by atoms with Crippen molar-refractivity contribution < 1.29 is 0 Å². The van der Waals surface area contributed by atoms with E-state index in [1.54, 1.807) is 0 Å². The molecule has 11 heavy (non-hydrogen) atoms. The Morgan fingerprint density at radius 2 is 1.73 bits per heavy atom. The van der Waals surface area contributed by atoms with Crippen LogP contribution >= 0.6 is 0 Å². The lowest BCUT2D eigenvalue weighted by Crippen LogP contribution is -2.42. The van der Waals surface area contributed by atoms with Crippen LogP contribution in [0.5, 0.6) is 0 Å². The summed E-state index contributed by atoms with van der Waals surface area (Å²) in [6, 6.07) is 1.21. The maximum Gasteiger partial charge on any atom is 0.0247 e. The second kappa shape index (κ2) is 3.11. The van der Waals surface area contributed by atoms with Gasteiger partial charge in [-0.2, -0.15) is 0 Å². The van der Waals surface area contributed by atoms with Crippen molar-refractivity contribution in [1.82, 2.24) is 4.90 Å². The van der Waals surface area contributed by atoms with Gasteiger partial charge in [-0.25, -0.2) is 0 Å². The van der Waals surface area contributed by atoms with Crippen molar-refractivity contribution in [1.29, 1.82) is 0 Å². The van der Waals surface area contributed by atoms with Crippen LogP contribution < -0.4 is 5.73 Å². The normalized spacial score (nSPS) is 40.1. The zero-order valence-electron chi connectivity index (χ0n) is 7.13. The van der Waals surface area contributed by atoms with Gasteiger partial charge in [0.05, 0.1) is 0 Å². The van der Waals surface area contributed by atoms with E-state index < -0.39 is 0 Å². The van der Waals surface area contributed by atoms with Crippen molar-refractivity contribution in [2.75, 3.05) is 13.1 Å². The first-order valence-corrected chi connectivity index (χ1v) is 4.87. The fourth-order valence-electron chi connectivity index (χ4n) is 2.50. The molecule has 2 N–H and O–H groups in total. The Kier molecular flexibility index (Phi) is 2.14. The SMILES string of the molecule is N[C@H]1CCC[C@@H]1N1CCCC1. The zero-order chi connectivity index (χ0) is 7.68. The highest BCUT2D eigenvalue weighted by Gasteiger charge is 2.30. The van der Waals surface area contributed by atoms with Gasteiger partial charge >= 0.3 is 0 Å². The smallest absolute Gasteiger partial charge is 0.0247 e. The van der Waals surface area contributed by atoms with E-state index >= 15 is 0 Å². The van der Waals surface area contributed by atoms with Gasteiger partial charge in [-0.05, 0) is 38.8 Å². The number of hydrogen-bond donors (Lipinski definition) is 1. The first kappa shape index (κ1) is 7.56. The average molecular weight is 154 g/mol. The van der Waals surface area contributed by atoms with Gasteiger partial charge in [0.2, 0.25) is 0 Å². The highest BCUT2D eigenvalue weighted by atomic mass is 15.2. The Hall–Kier alpha value is -0.0800. The van der Waals surface area contributed by atoms with E-state index in [0.717, 1.165) is 6.04 Å². The number of nitrogens with zero attached hydrogens (tertiary/aromatic N) is 1. The fourth-order valence-corrected chi connectivity index (χ4v) is 2.50.